The maximum Gasteiger partial charge on any atom is 0.329 e. The molecule has 0 saturated heterocycles. The van der Waals surface area contributed by atoms with Crippen molar-refractivity contribution in [2.75, 3.05) is 5.32 Å². The van der Waals surface area contributed by atoms with Crippen LogP contribution in [0.1, 0.15) is 24.2 Å². The molecule has 0 unspecified atom stereocenters. The fourth-order valence-corrected chi connectivity index (χ4v) is 5.26. The summed E-state index contributed by atoms with van der Waals surface area (Å²) < 4.78 is 43.7. The zero-order chi connectivity index (χ0) is 23.8. The van der Waals surface area contributed by atoms with Gasteiger partial charge in [0, 0.05) is 18.7 Å². The molecule has 1 amide bonds. The average molecular weight is 468 g/mol. The molecule has 0 bridgehead atoms. The Morgan fingerprint density at radius 2 is 1.55 bits per heavy atom. The number of carbonyl (C=O) groups excluding carboxylic acids is 1. The van der Waals surface area contributed by atoms with Gasteiger partial charge >= 0.3 is 5.69 Å². The molecule has 0 spiro atoms. The number of imidazole rings is 1. The van der Waals surface area contributed by atoms with Crippen molar-refractivity contribution in [1.82, 2.24) is 9.13 Å². The van der Waals surface area contributed by atoms with Crippen molar-refractivity contribution in [2.45, 2.75) is 36.7 Å². The Morgan fingerprint density at radius 3 is 2.15 bits per heavy atom. The minimum absolute atomic E-state index is 0.0102. The second kappa shape index (κ2) is 8.67. The van der Waals surface area contributed by atoms with Gasteiger partial charge < -0.3 is 5.32 Å². The molecule has 0 aliphatic heterocycles. The number of sulfone groups is 1. The lowest BCUT2D eigenvalue weighted by molar-refractivity contribution is 0.102. The second-order valence-electron chi connectivity index (χ2n) is 7.39. The Balaban J connectivity index is 1.98. The van der Waals surface area contributed by atoms with E-state index in [1.54, 1.807) is 32.0 Å². The van der Waals surface area contributed by atoms with Gasteiger partial charge in [0.2, 0.25) is 9.84 Å². The summed E-state index contributed by atoms with van der Waals surface area (Å²) in [6.07, 6.45) is 0. The van der Waals surface area contributed by atoms with E-state index in [2.05, 4.69) is 5.32 Å². The Morgan fingerprint density at radius 1 is 0.909 bits per heavy atom. The molecule has 1 aromatic heterocycles. The Kier molecular flexibility index (Phi) is 5.90. The van der Waals surface area contributed by atoms with E-state index in [1.165, 1.54) is 51.6 Å². The molecule has 0 aliphatic carbocycles. The van der Waals surface area contributed by atoms with Crippen molar-refractivity contribution in [3.63, 3.8) is 0 Å². The highest BCUT2D eigenvalue weighted by Gasteiger charge is 2.26. The summed E-state index contributed by atoms with van der Waals surface area (Å²) in [5, 5.41) is 2.61. The van der Waals surface area contributed by atoms with E-state index in [0.717, 1.165) is 6.07 Å². The van der Waals surface area contributed by atoms with E-state index >= 15 is 0 Å². The fourth-order valence-electron chi connectivity index (χ4n) is 3.82. The van der Waals surface area contributed by atoms with E-state index < -0.39 is 21.6 Å². The fraction of sp³-hybridized carbons (Fsp3) is 0.167. The van der Waals surface area contributed by atoms with Crippen molar-refractivity contribution in [2.24, 2.45) is 0 Å². The van der Waals surface area contributed by atoms with E-state index in [1.807, 2.05) is 0 Å². The van der Waals surface area contributed by atoms with Crippen LogP contribution in [0.4, 0.5) is 10.1 Å². The van der Waals surface area contributed by atoms with Gasteiger partial charge in [0.1, 0.15) is 5.82 Å². The predicted octanol–water partition coefficient (Wildman–Crippen LogP) is 4.07. The second-order valence-corrected chi connectivity index (χ2v) is 9.31. The van der Waals surface area contributed by atoms with Crippen LogP contribution in [-0.2, 0) is 22.9 Å². The van der Waals surface area contributed by atoms with E-state index in [0.29, 0.717) is 24.1 Å². The molecule has 1 N–H and O–H groups in total. The average Bonchev–Trinajstić information content (AvgIpc) is 3.08. The van der Waals surface area contributed by atoms with Gasteiger partial charge in [-0.3, -0.25) is 13.9 Å². The lowest BCUT2D eigenvalue weighted by atomic mass is 10.2. The first kappa shape index (κ1) is 22.5. The van der Waals surface area contributed by atoms with Gasteiger partial charge in [0.15, 0.2) is 0 Å². The SMILES string of the molecule is CCn1c(=O)n(CC)c2cc(S(=O)(=O)c3ccccc3)c(NC(=O)c3cccc(F)c3)cc21. The third-order valence-corrected chi connectivity index (χ3v) is 7.24. The standard InChI is InChI=1S/C24H22FN3O4S/c1-3-27-20-14-19(26-23(29)16-9-8-10-17(25)13-16)22(15-21(20)28(4-2)24(27)30)33(31,32)18-11-6-5-7-12-18/h5-15H,3-4H2,1-2H3,(H,26,29). The molecule has 0 saturated carbocycles. The van der Waals surface area contributed by atoms with Crippen molar-refractivity contribution in [3.8, 4) is 0 Å². The molecule has 0 radical (unpaired) electrons. The van der Waals surface area contributed by atoms with Crippen molar-refractivity contribution in [3.05, 3.63) is 88.6 Å². The summed E-state index contributed by atoms with van der Waals surface area (Å²) in [5.74, 6) is -1.26. The molecule has 4 aromatic rings. The number of halogens is 1. The lowest BCUT2D eigenvalue weighted by Gasteiger charge is -2.14. The number of aryl methyl sites for hydroxylation is 2. The summed E-state index contributed by atoms with van der Waals surface area (Å²) in [5.41, 5.74) is 0.716. The molecule has 33 heavy (non-hydrogen) atoms. The number of fused-ring (bicyclic) bond motifs is 1. The van der Waals surface area contributed by atoms with E-state index in [9.17, 15) is 22.4 Å². The summed E-state index contributed by atoms with van der Waals surface area (Å²) in [7, 11) is -4.05. The van der Waals surface area contributed by atoms with E-state index in [-0.39, 0.29) is 26.7 Å². The smallest absolute Gasteiger partial charge is 0.321 e. The number of nitrogens with zero attached hydrogens (tertiary/aromatic N) is 2. The minimum atomic E-state index is -4.05. The maximum absolute atomic E-state index is 13.6. The molecule has 0 aliphatic rings. The van der Waals surface area contributed by atoms with Gasteiger partial charge in [-0.1, -0.05) is 24.3 Å². The van der Waals surface area contributed by atoms with Crippen LogP contribution in [0.5, 0.6) is 0 Å². The highest BCUT2D eigenvalue weighted by molar-refractivity contribution is 7.91. The number of aromatic nitrogens is 2. The minimum Gasteiger partial charge on any atom is -0.321 e. The van der Waals surface area contributed by atoms with Crippen LogP contribution in [0.15, 0.2) is 81.3 Å². The molecule has 0 atom stereocenters. The molecule has 9 heteroatoms. The van der Waals surface area contributed by atoms with Crippen LogP contribution in [0.2, 0.25) is 0 Å². The number of nitrogens with one attached hydrogen (secondary N) is 1. The monoisotopic (exact) mass is 467 g/mol. The number of rotatable bonds is 6. The Bertz CT molecular complexity index is 1520. The quantitative estimate of drug-likeness (QED) is 0.463. The topological polar surface area (TPSA) is 90.2 Å². The van der Waals surface area contributed by atoms with Gasteiger partial charge in [-0.05, 0) is 56.3 Å². The zero-order valence-corrected chi connectivity index (χ0v) is 18.9. The molecule has 4 rings (SSSR count). The number of hydrogen-bond acceptors (Lipinski definition) is 4. The largest absolute Gasteiger partial charge is 0.329 e. The number of carbonyl (C=O) groups is 1. The Hall–Kier alpha value is -3.72. The van der Waals surface area contributed by atoms with Crippen LogP contribution in [0.3, 0.4) is 0 Å². The van der Waals surface area contributed by atoms with Gasteiger partial charge in [0.05, 0.1) is 26.5 Å². The summed E-state index contributed by atoms with van der Waals surface area (Å²) in [6, 6.07) is 15.8. The highest BCUT2D eigenvalue weighted by atomic mass is 32.2. The van der Waals surface area contributed by atoms with Crippen LogP contribution in [-0.4, -0.2) is 23.5 Å². The van der Waals surface area contributed by atoms with Crippen molar-refractivity contribution >= 4 is 32.5 Å². The number of hydrogen-bond donors (Lipinski definition) is 1. The van der Waals surface area contributed by atoms with Gasteiger partial charge in [-0.15, -0.1) is 0 Å². The van der Waals surface area contributed by atoms with Gasteiger partial charge in [-0.25, -0.2) is 17.6 Å². The highest BCUT2D eigenvalue weighted by Crippen LogP contribution is 2.32. The van der Waals surface area contributed by atoms with Crippen LogP contribution in [0, 0.1) is 5.82 Å². The molecular weight excluding hydrogens is 445 g/mol. The van der Waals surface area contributed by atoms with Gasteiger partial charge in [-0.2, -0.15) is 0 Å². The van der Waals surface area contributed by atoms with Crippen molar-refractivity contribution < 1.29 is 17.6 Å². The number of anilines is 1. The Labute approximate surface area is 190 Å². The molecule has 0 fully saturated rings. The molecular formula is C24H22FN3O4S. The zero-order valence-electron chi connectivity index (χ0n) is 18.1. The summed E-state index contributed by atoms with van der Waals surface area (Å²) >= 11 is 0. The van der Waals surface area contributed by atoms with Crippen LogP contribution < -0.4 is 11.0 Å². The van der Waals surface area contributed by atoms with Gasteiger partial charge in [0.25, 0.3) is 5.91 Å². The number of benzene rings is 3. The van der Waals surface area contributed by atoms with Crippen LogP contribution >= 0.6 is 0 Å². The summed E-state index contributed by atoms with van der Waals surface area (Å²) in [6.45, 7) is 4.32. The molecule has 7 nitrogen and oxygen atoms in total. The first-order valence-electron chi connectivity index (χ1n) is 10.4. The summed E-state index contributed by atoms with van der Waals surface area (Å²) in [4.78, 5) is 25.6. The number of amides is 1. The molecule has 170 valence electrons. The van der Waals surface area contributed by atoms with E-state index in [4.69, 9.17) is 0 Å². The van der Waals surface area contributed by atoms with Crippen LogP contribution in [0.25, 0.3) is 11.0 Å². The first-order chi connectivity index (χ1) is 15.8. The lowest BCUT2D eigenvalue weighted by Crippen LogP contribution is -2.23. The predicted molar refractivity (Wildman–Crippen MR) is 124 cm³/mol. The normalized spacial score (nSPS) is 11.6. The third-order valence-electron chi connectivity index (χ3n) is 5.43. The molecule has 3 aromatic carbocycles. The maximum atomic E-state index is 13.6. The third kappa shape index (κ3) is 3.95. The molecule has 1 heterocycles. The van der Waals surface area contributed by atoms with Crippen molar-refractivity contribution in [1.29, 1.82) is 0 Å². The first-order valence-corrected chi connectivity index (χ1v) is 11.9.